The molecule has 5 nitrogen and oxygen atoms in total. The Balaban J connectivity index is 1.77. The number of nitriles is 1. The molecule has 0 N–H and O–H groups in total. The smallest absolute Gasteiger partial charge is 0.243 e. The quantitative estimate of drug-likeness (QED) is 0.678. The van der Waals surface area contributed by atoms with Crippen LogP contribution in [0.1, 0.15) is 25.7 Å². The van der Waals surface area contributed by atoms with Crippen LogP contribution in [0.15, 0.2) is 0 Å². The van der Waals surface area contributed by atoms with E-state index in [0.29, 0.717) is 39.2 Å². The molecule has 0 aromatic carbocycles. The molecular formula is C14H22N2O3. The van der Waals surface area contributed by atoms with Crippen molar-refractivity contribution in [2.75, 3.05) is 40.0 Å². The van der Waals surface area contributed by atoms with Gasteiger partial charge in [-0.1, -0.05) is 0 Å². The third kappa shape index (κ3) is 3.68. The van der Waals surface area contributed by atoms with Crippen molar-refractivity contribution in [1.29, 1.82) is 5.26 Å². The van der Waals surface area contributed by atoms with E-state index in [1.54, 1.807) is 11.9 Å². The van der Waals surface area contributed by atoms with Gasteiger partial charge in [0.1, 0.15) is 5.41 Å². The third-order valence-corrected chi connectivity index (χ3v) is 3.94. The lowest BCUT2D eigenvalue weighted by atomic mass is 9.80. The summed E-state index contributed by atoms with van der Waals surface area (Å²) in [5.74, 6) is 0.648. The van der Waals surface area contributed by atoms with Gasteiger partial charge in [0, 0.05) is 33.4 Å². The van der Waals surface area contributed by atoms with Crippen LogP contribution in [0.3, 0.4) is 0 Å². The van der Waals surface area contributed by atoms with E-state index < -0.39 is 5.41 Å². The Kier molecular flexibility index (Phi) is 4.78. The molecule has 0 aromatic heterocycles. The van der Waals surface area contributed by atoms with Crippen LogP contribution >= 0.6 is 0 Å². The fraction of sp³-hybridized carbons (Fsp3) is 0.857. The highest BCUT2D eigenvalue weighted by atomic mass is 16.5. The normalized spacial score (nSPS) is 21.7. The summed E-state index contributed by atoms with van der Waals surface area (Å²) in [6.07, 6.45) is 3.53. The van der Waals surface area contributed by atoms with Gasteiger partial charge in [0.15, 0.2) is 0 Å². The van der Waals surface area contributed by atoms with Gasteiger partial charge >= 0.3 is 0 Å². The molecule has 19 heavy (non-hydrogen) atoms. The largest absolute Gasteiger partial charge is 0.381 e. The zero-order valence-corrected chi connectivity index (χ0v) is 11.6. The van der Waals surface area contributed by atoms with Crippen LogP contribution in [0.25, 0.3) is 0 Å². The van der Waals surface area contributed by atoms with Gasteiger partial charge in [-0.25, -0.2) is 0 Å². The highest BCUT2D eigenvalue weighted by Gasteiger charge is 2.42. The highest BCUT2D eigenvalue weighted by molar-refractivity contribution is 5.85. The molecule has 0 unspecified atom stereocenters. The van der Waals surface area contributed by atoms with E-state index in [1.807, 2.05) is 0 Å². The van der Waals surface area contributed by atoms with Crippen molar-refractivity contribution in [1.82, 2.24) is 4.90 Å². The molecule has 1 aliphatic heterocycles. The molecule has 1 aliphatic carbocycles. The van der Waals surface area contributed by atoms with Crippen LogP contribution in [0, 0.1) is 22.7 Å². The Morgan fingerprint density at radius 2 is 2.16 bits per heavy atom. The summed E-state index contributed by atoms with van der Waals surface area (Å²) >= 11 is 0. The predicted octanol–water partition coefficient (Wildman–Crippen LogP) is 1.19. The van der Waals surface area contributed by atoms with Gasteiger partial charge in [0.05, 0.1) is 12.7 Å². The van der Waals surface area contributed by atoms with E-state index in [1.165, 1.54) is 12.8 Å². The molecule has 0 radical (unpaired) electrons. The number of likely N-dealkylation sites (N-methyl/N-ethyl adjacent to an activating group) is 1. The molecule has 5 heteroatoms. The number of carbonyl (C=O) groups excluding carboxylic acids is 1. The predicted molar refractivity (Wildman–Crippen MR) is 69.3 cm³/mol. The van der Waals surface area contributed by atoms with Crippen molar-refractivity contribution in [3.63, 3.8) is 0 Å². The number of rotatable bonds is 6. The molecule has 0 aromatic rings. The Bertz CT molecular complexity index is 354. The monoisotopic (exact) mass is 266 g/mol. The van der Waals surface area contributed by atoms with E-state index in [2.05, 4.69) is 6.07 Å². The summed E-state index contributed by atoms with van der Waals surface area (Å²) in [6, 6.07) is 2.20. The minimum absolute atomic E-state index is 0.0895. The van der Waals surface area contributed by atoms with Gasteiger partial charge in [0.25, 0.3) is 0 Å². The van der Waals surface area contributed by atoms with Crippen molar-refractivity contribution in [2.24, 2.45) is 11.3 Å². The van der Waals surface area contributed by atoms with Crippen LogP contribution in [0.2, 0.25) is 0 Å². The lowest BCUT2D eigenvalue weighted by Gasteiger charge is -2.33. The zero-order valence-electron chi connectivity index (χ0n) is 11.6. The number of ether oxygens (including phenoxy) is 2. The number of hydrogen-bond acceptors (Lipinski definition) is 4. The molecule has 0 atom stereocenters. The van der Waals surface area contributed by atoms with Crippen LogP contribution < -0.4 is 0 Å². The minimum atomic E-state index is -0.885. The molecule has 2 rings (SSSR count). The van der Waals surface area contributed by atoms with Gasteiger partial charge < -0.3 is 14.4 Å². The minimum Gasteiger partial charge on any atom is -0.381 e. The molecule has 106 valence electrons. The van der Waals surface area contributed by atoms with Crippen molar-refractivity contribution in [2.45, 2.75) is 25.7 Å². The third-order valence-electron chi connectivity index (χ3n) is 3.94. The first-order valence-electron chi connectivity index (χ1n) is 7.00. The standard InChI is InChI=1S/C14H22N2O3/c1-16(6-9-19-10-12-2-3-12)13(17)14(11-15)4-7-18-8-5-14/h12H,2-10H2,1H3. The van der Waals surface area contributed by atoms with E-state index in [0.717, 1.165) is 12.5 Å². The van der Waals surface area contributed by atoms with E-state index in [9.17, 15) is 10.1 Å². The summed E-state index contributed by atoms with van der Waals surface area (Å²) in [4.78, 5) is 14.0. The van der Waals surface area contributed by atoms with Crippen molar-refractivity contribution < 1.29 is 14.3 Å². The second-order valence-electron chi connectivity index (χ2n) is 5.55. The molecule has 2 aliphatic rings. The fourth-order valence-corrected chi connectivity index (χ4v) is 2.30. The lowest BCUT2D eigenvalue weighted by Crippen LogP contribution is -2.45. The van der Waals surface area contributed by atoms with E-state index in [-0.39, 0.29) is 5.91 Å². The summed E-state index contributed by atoms with van der Waals surface area (Å²) in [5.41, 5.74) is -0.885. The average molecular weight is 266 g/mol. The van der Waals surface area contributed by atoms with Gasteiger partial charge in [0.2, 0.25) is 5.91 Å². The summed E-state index contributed by atoms with van der Waals surface area (Å²) in [6.45, 7) is 2.89. The molecule has 1 saturated heterocycles. The first-order chi connectivity index (χ1) is 9.18. The van der Waals surface area contributed by atoms with Gasteiger partial charge in [-0.3, -0.25) is 4.79 Å². The Morgan fingerprint density at radius 1 is 1.47 bits per heavy atom. The molecule has 0 bridgehead atoms. The Labute approximate surface area is 114 Å². The van der Waals surface area contributed by atoms with Crippen LogP contribution in [-0.4, -0.2) is 50.8 Å². The summed E-state index contributed by atoms with van der Waals surface area (Å²) in [7, 11) is 1.75. The summed E-state index contributed by atoms with van der Waals surface area (Å²) < 4.78 is 10.8. The average Bonchev–Trinajstić information content (AvgIpc) is 3.27. The molecule has 2 fully saturated rings. The molecular weight excluding hydrogens is 244 g/mol. The van der Waals surface area contributed by atoms with Crippen molar-refractivity contribution in [3.8, 4) is 6.07 Å². The summed E-state index contributed by atoms with van der Waals surface area (Å²) in [5, 5.41) is 9.33. The van der Waals surface area contributed by atoms with Crippen molar-refractivity contribution >= 4 is 5.91 Å². The second-order valence-corrected chi connectivity index (χ2v) is 5.55. The maximum Gasteiger partial charge on any atom is 0.243 e. The van der Waals surface area contributed by atoms with E-state index in [4.69, 9.17) is 9.47 Å². The SMILES string of the molecule is CN(CCOCC1CC1)C(=O)C1(C#N)CCOCC1. The number of amides is 1. The molecule has 1 amide bonds. The second kappa shape index (κ2) is 6.36. The van der Waals surface area contributed by atoms with Gasteiger partial charge in [-0.2, -0.15) is 5.26 Å². The number of hydrogen-bond donors (Lipinski definition) is 0. The topological polar surface area (TPSA) is 62.6 Å². The Hall–Kier alpha value is -1.12. The van der Waals surface area contributed by atoms with Gasteiger partial charge in [-0.15, -0.1) is 0 Å². The number of nitrogens with zero attached hydrogens (tertiary/aromatic N) is 2. The van der Waals surface area contributed by atoms with E-state index >= 15 is 0 Å². The maximum atomic E-state index is 12.4. The first-order valence-corrected chi connectivity index (χ1v) is 7.00. The zero-order chi connectivity index (χ0) is 13.7. The lowest BCUT2D eigenvalue weighted by molar-refractivity contribution is -0.142. The van der Waals surface area contributed by atoms with Crippen LogP contribution in [0.4, 0.5) is 0 Å². The maximum absolute atomic E-state index is 12.4. The number of carbonyl (C=O) groups is 1. The highest BCUT2D eigenvalue weighted by Crippen LogP contribution is 2.31. The fourth-order valence-electron chi connectivity index (χ4n) is 2.30. The van der Waals surface area contributed by atoms with Crippen molar-refractivity contribution in [3.05, 3.63) is 0 Å². The molecule has 1 heterocycles. The van der Waals surface area contributed by atoms with Crippen LogP contribution in [-0.2, 0) is 14.3 Å². The Morgan fingerprint density at radius 3 is 2.74 bits per heavy atom. The van der Waals surface area contributed by atoms with Crippen LogP contribution in [0.5, 0.6) is 0 Å². The first kappa shape index (κ1) is 14.3. The van der Waals surface area contributed by atoms with Gasteiger partial charge in [-0.05, 0) is 31.6 Å². The molecule has 1 saturated carbocycles. The molecule has 0 spiro atoms.